The van der Waals surface area contributed by atoms with E-state index in [1.807, 2.05) is 6.20 Å². The highest BCUT2D eigenvalue weighted by atomic mass is 16.3. The minimum absolute atomic E-state index is 0.272. The van der Waals surface area contributed by atoms with Crippen molar-refractivity contribution in [2.45, 2.75) is 26.0 Å². The third-order valence-electron chi connectivity index (χ3n) is 1.65. The first-order chi connectivity index (χ1) is 6.29. The molecule has 0 aliphatic heterocycles. The van der Waals surface area contributed by atoms with Crippen molar-refractivity contribution in [1.29, 1.82) is 0 Å². The largest absolute Gasteiger partial charge is 0.392 e. The maximum absolute atomic E-state index is 8.95. The zero-order valence-electron chi connectivity index (χ0n) is 7.85. The Morgan fingerprint density at radius 3 is 3.08 bits per heavy atom. The van der Waals surface area contributed by atoms with Crippen molar-refractivity contribution < 1.29 is 5.11 Å². The summed E-state index contributed by atoms with van der Waals surface area (Å²) in [5.74, 6) is 0. The Hall–Kier alpha value is -0.940. The Labute approximate surface area is 77.8 Å². The van der Waals surface area contributed by atoms with Gasteiger partial charge in [0.2, 0.25) is 0 Å². The van der Waals surface area contributed by atoms with Crippen molar-refractivity contribution in [3.63, 3.8) is 0 Å². The summed E-state index contributed by atoms with van der Waals surface area (Å²) in [7, 11) is 0. The molecule has 0 aliphatic rings. The van der Waals surface area contributed by atoms with Gasteiger partial charge < -0.3 is 10.4 Å². The molecule has 0 bridgehead atoms. The number of nitrogens with zero attached hydrogens (tertiary/aromatic N) is 3. The van der Waals surface area contributed by atoms with Crippen molar-refractivity contribution in [2.24, 2.45) is 0 Å². The Kier molecular flexibility index (Phi) is 4.42. The van der Waals surface area contributed by atoms with Crippen LogP contribution in [0.25, 0.3) is 0 Å². The summed E-state index contributed by atoms with van der Waals surface area (Å²) in [6, 6.07) is 0. The molecular formula is C8H16N4O. The van der Waals surface area contributed by atoms with Gasteiger partial charge in [-0.15, -0.1) is 5.10 Å². The molecule has 74 valence electrons. The van der Waals surface area contributed by atoms with E-state index < -0.39 is 0 Å². The molecule has 1 aromatic rings. The normalized spacial score (nSPS) is 13.1. The lowest BCUT2D eigenvalue weighted by Gasteiger charge is -2.05. The molecular weight excluding hydrogens is 168 g/mol. The molecule has 0 aromatic carbocycles. The molecule has 1 aromatic heterocycles. The van der Waals surface area contributed by atoms with E-state index in [0.717, 1.165) is 19.5 Å². The SMILES string of the molecule is C[C@@H](O)CNCCCn1ccnn1. The predicted octanol–water partition coefficient (Wildman–Crippen LogP) is -0.361. The van der Waals surface area contributed by atoms with Crippen LogP contribution in [0.5, 0.6) is 0 Å². The molecule has 0 saturated heterocycles. The van der Waals surface area contributed by atoms with E-state index in [2.05, 4.69) is 15.6 Å². The Morgan fingerprint density at radius 2 is 2.46 bits per heavy atom. The van der Waals surface area contributed by atoms with Crippen LogP contribution in [0.15, 0.2) is 12.4 Å². The molecule has 5 heteroatoms. The van der Waals surface area contributed by atoms with Gasteiger partial charge in [-0.1, -0.05) is 5.21 Å². The number of aryl methyl sites for hydroxylation is 1. The van der Waals surface area contributed by atoms with Crippen LogP contribution < -0.4 is 5.32 Å². The molecule has 13 heavy (non-hydrogen) atoms. The monoisotopic (exact) mass is 184 g/mol. The molecule has 0 amide bonds. The summed E-state index contributed by atoms with van der Waals surface area (Å²) in [5, 5.41) is 19.6. The first-order valence-electron chi connectivity index (χ1n) is 4.52. The summed E-state index contributed by atoms with van der Waals surface area (Å²) in [5.41, 5.74) is 0. The fraction of sp³-hybridized carbons (Fsp3) is 0.750. The molecule has 1 heterocycles. The van der Waals surface area contributed by atoms with Crippen molar-refractivity contribution in [3.05, 3.63) is 12.4 Å². The highest BCUT2D eigenvalue weighted by molar-refractivity contribution is 4.64. The van der Waals surface area contributed by atoms with E-state index >= 15 is 0 Å². The molecule has 5 nitrogen and oxygen atoms in total. The van der Waals surface area contributed by atoms with Crippen molar-refractivity contribution in [3.8, 4) is 0 Å². The molecule has 1 rings (SSSR count). The summed E-state index contributed by atoms with van der Waals surface area (Å²) in [6.07, 6.45) is 4.24. The Balaban J connectivity index is 1.96. The van der Waals surface area contributed by atoms with E-state index in [1.165, 1.54) is 0 Å². The van der Waals surface area contributed by atoms with Gasteiger partial charge in [0, 0.05) is 19.3 Å². The molecule has 1 atom stereocenters. The van der Waals surface area contributed by atoms with Gasteiger partial charge in [-0.05, 0) is 19.9 Å². The third-order valence-corrected chi connectivity index (χ3v) is 1.65. The van der Waals surface area contributed by atoms with Gasteiger partial charge in [-0.25, -0.2) is 0 Å². The molecule has 0 unspecified atom stereocenters. The third kappa shape index (κ3) is 4.59. The lowest BCUT2D eigenvalue weighted by Crippen LogP contribution is -2.25. The van der Waals surface area contributed by atoms with Crippen LogP contribution in [0, 0.1) is 0 Å². The molecule has 0 saturated carbocycles. The van der Waals surface area contributed by atoms with E-state index in [4.69, 9.17) is 5.11 Å². The van der Waals surface area contributed by atoms with Crippen LogP contribution >= 0.6 is 0 Å². The summed E-state index contributed by atoms with van der Waals surface area (Å²) >= 11 is 0. The van der Waals surface area contributed by atoms with Crippen LogP contribution in [0.2, 0.25) is 0 Å². The zero-order chi connectivity index (χ0) is 9.52. The second kappa shape index (κ2) is 5.66. The average molecular weight is 184 g/mol. The van der Waals surface area contributed by atoms with Gasteiger partial charge in [-0.2, -0.15) is 0 Å². The number of hydrogen-bond acceptors (Lipinski definition) is 4. The van der Waals surface area contributed by atoms with Crippen molar-refractivity contribution in [1.82, 2.24) is 20.3 Å². The van der Waals surface area contributed by atoms with Crippen molar-refractivity contribution >= 4 is 0 Å². The van der Waals surface area contributed by atoms with Gasteiger partial charge in [0.05, 0.1) is 12.3 Å². The summed E-state index contributed by atoms with van der Waals surface area (Å²) < 4.78 is 1.80. The lowest BCUT2D eigenvalue weighted by molar-refractivity contribution is 0.191. The zero-order valence-corrected chi connectivity index (χ0v) is 7.85. The van der Waals surface area contributed by atoms with Gasteiger partial charge in [0.1, 0.15) is 0 Å². The van der Waals surface area contributed by atoms with Crippen LogP contribution in [-0.2, 0) is 6.54 Å². The maximum Gasteiger partial charge on any atom is 0.0692 e. The van der Waals surface area contributed by atoms with Crippen LogP contribution in [0.1, 0.15) is 13.3 Å². The van der Waals surface area contributed by atoms with Gasteiger partial charge in [0.25, 0.3) is 0 Å². The Bertz CT molecular complexity index is 210. The fourth-order valence-corrected chi connectivity index (χ4v) is 1.03. The standard InChI is InChI=1S/C8H16N4O/c1-8(13)7-9-3-2-5-12-6-4-10-11-12/h4,6,8-9,13H,2-3,5,7H2,1H3/t8-/m1/s1. The highest BCUT2D eigenvalue weighted by Crippen LogP contribution is 1.85. The Morgan fingerprint density at radius 1 is 1.62 bits per heavy atom. The number of hydrogen-bond donors (Lipinski definition) is 2. The van der Waals surface area contributed by atoms with E-state index in [9.17, 15) is 0 Å². The molecule has 0 fully saturated rings. The molecule has 0 aliphatic carbocycles. The van der Waals surface area contributed by atoms with Crippen LogP contribution in [0.3, 0.4) is 0 Å². The molecule has 0 spiro atoms. The van der Waals surface area contributed by atoms with Crippen LogP contribution in [0.4, 0.5) is 0 Å². The number of aromatic nitrogens is 3. The van der Waals surface area contributed by atoms with E-state index in [-0.39, 0.29) is 6.10 Å². The molecule has 0 radical (unpaired) electrons. The summed E-state index contributed by atoms with van der Waals surface area (Å²) in [6.45, 7) is 4.18. The topological polar surface area (TPSA) is 63.0 Å². The van der Waals surface area contributed by atoms with Crippen LogP contribution in [-0.4, -0.2) is 39.3 Å². The van der Waals surface area contributed by atoms with Gasteiger partial charge >= 0.3 is 0 Å². The average Bonchev–Trinajstić information content (AvgIpc) is 2.55. The second-order valence-corrected chi connectivity index (χ2v) is 3.07. The second-order valence-electron chi connectivity index (χ2n) is 3.07. The first-order valence-corrected chi connectivity index (χ1v) is 4.52. The number of nitrogens with one attached hydrogen (secondary N) is 1. The van der Waals surface area contributed by atoms with Gasteiger partial charge in [0.15, 0.2) is 0 Å². The predicted molar refractivity (Wildman–Crippen MR) is 49.2 cm³/mol. The van der Waals surface area contributed by atoms with Gasteiger partial charge in [-0.3, -0.25) is 4.68 Å². The lowest BCUT2D eigenvalue weighted by atomic mass is 10.3. The number of aliphatic hydroxyl groups excluding tert-OH is 1. The first kappa shape index (κ1) is 10.1. The van der Waals surface area contributed by atoms with Crippen molar-refractivity contribution in [2.75, 3.05) is 13.1 Å². The fourth-order valence-electron chi connectivity index (χ4n) is 1.03. The quantitative estimate of drug-likeness (QED) is 0.593. The number of rotatable bonds is 6. The minimum Gasteiger partial charge on any atom is -0.392 e. The highest BCUT2D eigenvalue weighted by Gasteiger charge is 1.94. The smallest absolute Gasteiger partial charge is 0.0692 e. The molecule has 2 N–H and O–H groups in total. The number of aliphatic hydroxyl groups is 1. The minimum atomic E-state index is -0.272. The van der Waals surface area contributed by atoms with E-state index in [1.54, 1.807) is 17.8 Å². The summed E-state index contributed by atoms with van der Waals surface area (Å²) in [4.78, 5) is 0. The van der Waals surface area contributed by atoms with E-state index in [0.29, 0.717) is 6.54 Å². The maximum atomic E-state index is 8.95.